The van der Waals surface area contributed by atoms with Crippen LogP contribution in [0, 0.1) is 0 Å². The Kier molecular flexibility index (Phi) is 5.71. The molecule has 0 aliphatic carbocycles. The van der Waals surface area contributed by atoms with Crippen molar-refractivity contribution in [2.75, 3.05) is 19.5 Å². The standard InChI is InChI=1S/C17H18ClNO4/c1-11(23-13-6-4-12(18)5-7-13)17(20)19-15-9-8-14(21-2)10-16(15)22-3/h4-11H,1-3H3,(H,19,20). The Morgan fingerprint density at radius 1 is 1.04 bits per heavy atom. The number of anilines is 1. The topological polar surface area (TPSA) is 56.8 Å². The fourth-order valence-corrected chi connectivity index (χ4v) is 2.03. The molecular weight excluding hydrogens is 318 g/mol. The second kappa shape index (κ2) is 7.74. The number of hydrogen-bond donors (Lipinski definition) is 1. The summed E-state index contributed by atoms with van der Waals surface area (Å²) in [6.07, 6.45) is -0.678. The van der Waals surface area contributed by atoms with Crippen molar-refractivity contribution in [3.05, 3.63) is 47.5 Å². The van der Waals surface area contributed by atoms with Crippen LogP contribution in [0.2, 0.25) is 5.02 Å². The zero-order valence-corrected chi connectivity index (χ0v) is 13.9. The highest BCUT2D eigenvalue weighted by atomic mass is 35.5. The van der Waals surface area contributed by atoms with E-state index in [1.165, 1.54) is 7.11 Å². The van der Waals surface area contributed by atoms with Crippen LogP contribution in [0.15, 0.2) is 42.5 Å². The lowest BCUT2D eigenvalue weighted by atomic mass is 10.2. The molecule has 5 nitrogen and oxygen atoms in total. The smallest absolute Gasteiger partial charge is 0.265 e. The number of methoxy groups -OCH3 is 2. The molecule has 1 atom stereocenters. The second-order valence-electron chi connectivity index (χ2n) is 4.77. The minimum absolute atomic E-state index is 0.289. The van der Waals surface area contributed by atoms with Crippen molar-refractivity contribution in [2.24, 2.45) is 0 Å². The Morgan fingerprint density at radius 3 is 2.30 bits per heavy atom. The quantitative estimate of drug-likeness (QED) is 0.873. The Balaban J connectivity index is 2.04. The van der Waals surface area contributed by atoms with E-state index in [2.05, 4.69) is 5.32 Å². The monoisotopic (exact) mass is 335 g/mol. The first kappa shape index (κ1) is 17.0. The molecule has 122 valence electrons. The van der Waals surface area contributed by atoms with Crippen molar-refractivity contribution in [3.63, 3.8) is 0 Å². The second-order valence-corrected chi connectivity index (χ2v) is 5.21. The number of carbonyl (C=O) groups is 1. The summed E-state index contributed by atoms with van der Waals surface area (Å²) in [5.74, 6) is 1.43. The SMILES string of the molecule is COc1ccc(NC(=O)C(C)Oc2ccc(Cl)cc2)c(OC)c1. The lowest BCUT2D eigenvalue weighted by molar-refractivity contribution is -0.122. The van der Waals surface area contributed by atoms with E-state index in [1.54, 1.807) is 56.5 Å². The summed E-state index contributed by atoms with van der Waals surface area (Å²) in [5, 5.41) is 3.38. The van der Waals surface area contributed by atoms with Gasteiger partial charge in [-0.3, -0.25) is 4.79 Å². The van der Waals surface area contributed by atoms with Crippen LogP contribution in [0.25, 0.3) is 0 Å². The van der Waals surface area contributed by atoms with Crippen LogP contribution in [0.5, 0.6) is 17.2 Å². The summed E-state index contributed by atoms with van der Waals surface area (Å²) in [4.78, 5) is 12.3. The van der Waals surface area contributed by atoms with E-state index < -0.39 is 6.10 Å². The molecule has 1 amide bonds. The lowest BCUT2D eigenvalue weighted by Gasteiger charge is -2.16. The zero-order valence-electron chi connectivity index (χ0n) is 13.1. The van der Waals surface area contributed by atoms with Gasteiger partial charge in [-0.15, -0.1) is 0 Å². The van der Waals surface area contributed by atoms with Gasteiger partial charge in [0, 0.05) is 11.1 Å². The van der Waals surface area contributed by atoms with E-state index in [9.17, 15) is 4.79 Å². The highest BCUT2D eigenvalue weighted by Crippen LogP contribution is 2.29. The average molecular weight is 336 g/mol. The number of nitrogens with one attached hydrogen (secondary N) is 1. The molecule has 6 heteroatoms. The summed E-state index contributed by atoms with van der Waals surface area (Å²) in [6.45, 7) is 1.67. The highest BCUT2D eigenvalue weighted by Gasteiger charge is 2.17. The molecule has 0 saturated carbocycles. The largest absolute Gasteiger partial charge is 0.497 e. The van der Waals surface area contributed by atoms with Crippen molar-refractivity contribution in [3.8, 4) is 17.2 Å². The van der Waals surface area contributed by atoms with Crippen molar-refractivity contribution < 1.29 is 19.0 Å². The van der Waals surface area contributed by atoms with Crippen molar-refractivity contribution >= 4 is 23.2 Å². The van der Waals surface area contributed by atoms with E-state index in [0.717, 1.165) is 0 Å². The Bertz CT molecular complexity index is 673. The molecule has 0 radical (unpaired) electrons. The summed E-state index contributed by atoms with van der Waals surface area (Å²) in [6, 6.07) is 12.0. The van der Waals surface area contributed by atoms with Gasteiger partial charge in [-0.2, -0.15) is 0 Å². The van der Waals surface area contributed by atoms with Crippen LogP contribution < -0.4 is 19.5 Å². The number of carbonyl (C=O) groups excluding carboxylic acids is 1. The third-order valence-electron chi connectivity index (χ3n) is 3.16. The third kappa shape index (κ3) is 4.53. The molecule has 0 fully saturated rings. The fourth-order valence-electron chi connectivity index (χ4n) is 1.91. The molecule has 0 aliphatic heterocycles. The van der Waals surface area contributed by atoms with Crippen LogP contribution in [0.3, 0.4) is 0 Å². The van der Waals surface area contributed by atoms with Gasteiger partial charge in [-0.25, -0.2) is 0 Å². The van der Waals surface area contributed by atoms with Crippen molar-refractivity contribution in [1.82, 2.24) is 0 Å². The molecule has 0 saturated heterocycles. The number of benzene rings is 2. The highest BCUT2D eigenvalue weighted by molar-refractivity contribution is 6.30. The summed E-state index contributed by atoms with van der Waals surface area (Å²) in [5.41, 5.74) is 0.546. The molecule has 2 aromatic carbocycles. The van der Waals surface area contributed by atoms with Crippen LogP contribution in [0.4, 0.5) is 5.69 Å². The predicted molar refractivity (Wildman–Crippen MR) is 89.7 cm³/mol. The van der Waals surface area contributed by atoms with Gasteiger partial charge < -0.3 is 19.5 Å². The average Bonchev–Trinajstić information content (AvgIpc) is 2.57. The molecule has 2 aromatic rings. The van der Waals surface area contributed by atoms with Crippen LogP contribution in [0.1, 0.15) is 6.92 Å². The first-order valence-electron chi connectivity index (χ1n) is 6.98. The number of halogens is 1. The maximum atomic E-state index is 12.3. The molecule has 0 aliphatic rings. The number of ether oxygens (including phenoxy) is 3. The maximum absolute atomic E-state index is 12.3. The number of amides is 1. The van der Waals surface area contributed by atoms with Gasteiger partial charge in [0.15, 0.2) is 6.10 Å². The zero-order chi connectivity index (χ0) is 16.8. The number of rotatable bonds is 6. The Hall–Kier alpha value is -2.40. The molecule has 0 aromatic heterocycles. The van der Waals surface area contributed by atoms with Crippen LogP contribution >= 0.6 is 11.6 Å². The van der Waals surface area contributed by atoms with E-state index in [1.807, 2.05) is 0 Å². The molecule has 0 spiro atoms. The first-order valence-corrected chi connectivity index (χ1v) is 7.36. The molecule has 0 heterocycles. The molecule has 2 rings (SSSR count). The normalized spacial score (nSPS) is 11.5. The van der Waals surface area contributed by atoms with Gasteiger partial charge in [-0.05, 0) is 43.3 Å². The first-order chi connectivity index (χ1) is 11.0. The van der Waals surface area contributed by atoms with Crippen LogP contribution in [-0.4, -0.2) is 26.2 Å². The minimum Gasteiger partial charge on any atom is -0.497 e. The summed E-state index contributed by atoms with van der Waals surface area (Å²) >= 11 is 5.82. The maximum Gasteiger partial charge on any atom is 0.265 e. The molecule has 23 heavy (non-hydrogen) atoms. The van der Waals surface area contributed by atoms with E-state index in [-0.39, 0.29) is 5.91 Å². The lowest BCUT2D eigenvalue weighted by Crippen LogP contribution is -2.30. The van der Waals surface area contributed by atoms with Gasteiger partial charge in [0.05, 0.1) is 19.9 Å². The van der Waals surface area contributed by atoms with E-state index in [0.29, 0.717) is 28.0 Å². The van der Waals surface area contributed by atoms with Crippen molar-refractivity contribution in [1.29, 1.82) is 0 Å². The van der Waals surface area contributed by atoms with Crippen LogP contribution in [-0.2, 0) is 4.79 Å². The number of hydrogen-bond acceptors (Lipinski definition) is 4. The van der Waals surface area contributed by atoms with Gasteiger partial charge in [0.25, 0.3) is 5.91 Å². The summed E-state index contributed by atoms with van der Waals surface area (Å²) in [7, 11) is 3.09. The van der Waals surface area contributed by atoms with E-state index >= 15 is 0 Å². The molecule has 1 unspecified atom stereocenters. The van der Waals surface area contributed by atoms with Gasteiger partial charge in [-0.1, -0.05) is 11.6 Å². The van der Waals surface area contributed by atoms with E-state index in [4.69, 9.17) is 25.8 Å². The Labute approximate surface area is 140 Å². The minimum atomic E-state index is -0.678. The third-order valence-corrected chi connectivity index (χ3v) is 3.41. The molecule has 1 N–H and O–H groups in total. The van der Waals surface area contributed by atoms with Gasteiger partial charge in [0.2, 0.25) is 0 Å². The summed E-state index contributed by atoms with van der Waals surface area (Å²) < 4.78 is 16.0. The van der Waals surface area contributed by atoms with Gasteiger partial charge >= 0.3 is 0 Å². The molecular formula is C17H18ClNO4. The predicted octanol–water partition coefficient (Wildman–Crippen LogP) is 3.76. The molecule has 0 bridgehead atoms. The fraction of sp³-hybridized carbons (Fsp3) is 0.235. The van der Waals surface area contributed by atoms with Crippen molar-refractivity contribution in [2.45, 2.75) is 13.0 Å². The Morgan fingerprint density at radius 2 is 1.70 bits per heavy atom. The van der Waals surface area contributed by atoms with Gasteiger partial charge in [0.1, 0.15) is 17.2 Å².